The summed E-state index contributed by atoms with van der Waals surface area (Å²) >= 11 is 1.66. The third-order valence-corrected chi connectivity index (χ3v) is 6.22. The van der Waals surface area contributed by atoms with Crippen LogP contribution in [0.2, 0.25) is 0 Å². The first-order valence-electron chi connectivity index (χ1n) is 9.64. The van der Waals surface area contributed by atoms with Gasteiger partial charge in [0.15, 0.2) is 5.82 Å². The summed E-state index contributed by atoms with van der Waals surface area (Å²) in [5, 5.41) is 3.21. The molecule has 0 aromatic carbocycles. The van der Waals surface area contributed by atoms with Gasteiger partial charge in [-0.25, -0.2) is 19.9 Å². The van der Waals surface area contributed by atoms with Gasteiger partial charge in [0.05, 0.1) is 5.39 Å². The molecule has 0 unspecified atom stereocenters. The molecule has 0 atom stereocenters. The van der Waals surface area contributed by atoms with E-state index in [1.807, 2.05) is 25.3 Å². The van der Waals surface area contributed by atoms with Gasteiger partial charge in [-0.15, -0.1) is 11.3 Å². The Morgan fingerprint density at radius 2 is 1.72 bits per heavy atom. The third kappa shape index (κ3) is 3.29. The Morgan fingerprint density at radius 3 is 2.48 bits per heavy atom. The average Bonchev–Trinajstić information content (AvgIpc) is 3.25. The molecule has 5 rings (SSSR count). The minimum Gasteiger partial charge on any atom is -0.353 e. The molecule has 0 aliphatic carbocycles. The fourth-order valence-corrected chi connectivity index (χ4v) is 4.43. The second-order valence-corrected chi connectivity index (χ2v) is 8.03. The maximum Gasteiger partial charge on any atom is 0.163 e. The van der Waals surface area contributed by atoms with Crippen LogP contribution in [0.15, 0.2) is 42.3 Å². The number of anilines is 2. The van der Waals surface area contributed by atoms with Gasteiger partial charge in [0.1, 0.15) is 22.8 Å². The zero-order valence-electron chi connectivity index (χ0n) is 16.4. The van der Waals surface area contributed by atoms with Crippen LogP contribution in [0.3, 0.4) is 0 Å². The van der Waals surface area contributed by atoms with Gasteiger partial charge >= 0.3 is 0 Å². The summed E-state index contributed by atoms with van der Waals surface area (Å²) in [6.45, 7) is 7.71. The Hall–Kier alpha value is -3.13. The van der Waals surface area contributed by atoms with Crippen LogP contribution in [0.25, 0.3) is 21.6 Å². The molecule has 0 bridgehead atoms. The normalized spacial score (nSPS) is 14.6. The molecule has 1 saturated heterocycles. The van der Waals surface area contributed by atoms with Gasteiger partial charge in [0.2, 0.25) is 0 Å². The zero-order valence-corrected chi connectivity index (χ0v) is 17.2. The van der Waals surface area contributed by atoms with Crippen LogP contribution in [-0.4, -0.2) is 51.1 Å². The largest absolute Gasteiger partial charge is 0.353 e. The standard InChI is InChI=1S/C21H21N7S/c1-14-15(2)25-18(16-4-3-6-22-12-16)26-19(14)27-7-9-28(10-8-27)20-17-5-11-29-21(17)24-13-23-20/h3-6,11-13H,7-10H2,1-2H3. The maximum absolute atomic E-state index is 4.90. The van der Waals surface area contributed by atoms with Crippen LogP contribution in [0.5, 0.6) is 0 Å². The number of pyridine rings is 1. The number of piperazine rings is 1. The second-order valence-electron chi connectivity index (χ2n) is 7.13. The summed E-state index contributed by atoms with van der Waals surface area (Å²) < 4.78 is 0. The predicted molar refractivity (Wildman–Crippen MR) is 117 cm³/mol. The lowest BCUT2D eigenvalue weighted by atomic mass is 10.2. The first kappa shape index (κ1) is 17.9. The minimum absolute atomic E-state index is 0.731. The first-order valence-corrected chi connectivity index (χ1v) is 10.5. The molecule has 4 aromatic rings. The van der Waals surface area contributed by atoms with Crippen molar-refractivity contribution >= 4 is 33.2 Å². The SMILES string of the molecule is Cc1nc(-c2cccnc2)nc(N2CCN(c3ncnc4sccc34)CC2)c1C. The number of hydrogen-bond acceptors (Lipinski definition) is 8. The van der Waals surface area contributed by atoms with Crippen LogP contribution in [0.1, 0.15) is 11.3 Å². The quantitative estimate of drug-likeness (QED) is 0.518. The Morgan fingerprint density at radius 1 is 0.931 bits per heavy atom. The highest BCUT2D eigenvalue weighted by Gasteiger charge is 2.23. The highest BCUT2D eigenvalue weighted by molar-refractivity contribution is 7.16. The van der Waals surface area contributed by atoms with Gasteiger partial charge in [0, 0.05) is 55.4 Å². The molecule has 0 spiro atoms. The van der Waals surface area contributed by atoms with Gasteiger partial charge in [-0.1, -0.05) is 0 Å². The van der Waals surface area contributed by atoms with Crippen molar-refractivity contribution in [2.75, 3.05) is 36.0 Å². The maximum atomic E-state index is 4.90. The molecule has 1 aliphatic rings. The monoisotopic (exact) mass is 403 g/mol. The summed E-state index contributed by atoms with van der Waals surface area (Å²) in [6, 6.07) is 6.03. The molecule has 0 amide bonds. The molecule has 7 nitrogen and oxygen atoms in total. The lowest BCUT2D eigenvalue weighted by molar-refractivity contribution is 0.640. The summed E-state index contributed by atoms with van der Waals surface area (Å²) in [6.07, 6.45) is 5.24. The van der Waals surface area contributed by atoms with Crippen molar-refractivity contribution in [1.29, 1.82) is 0 Å². The van der Waals surface area contributed by atoms with E-state index in [-0.39, 0.29) is 0 Å². The fourth-order valence-electron chi connectivity index (χ4n) is 3.70. The van der Waals surface area contributed by atoms with Crippen LogP contribution in [-0.2, 0) is 0 Å². The van der Waals surface area contributed by atoms with Crippen molar-refractivity contribution in [3.05, 3.63) is 53.6 Å². The fraction of sp³-hybridized carbons (Fsp3) is 0.286. The van der Waals surface area contributed by atoms with Crippen molar-refractivity contribution in [3.8, 4) is 11.4 Å². The van der Waals surface area contributed by atoms with Crippen molar-refractivity contribution in [3.63, 3.8) is 0 Å². The van der Waals surface area contributed by atoms with Gasteiger partial charge in [-0.05, 0) is 37.4 Å². The molecule has 146 valence electrons. The van der Waals surface area contributed by atoms with Crippen molar-refractivity contribution in [2.45, 2.75) is 13.8 Å². The molecule has 1 fully saturated rings. The van der Waals surface area contributed by atoms with E-state index in [4.69, 9.17) is 4.98 Å². The summed E-state index contributed by atoms with van der Waals surface area (Å²) in [7, 11) is 0. The van der Waals surface area contributed by atoms with E-state index in [1.54, 1.807) is 23.9 Å². The third-order valence-electron chi connectivity index (χ3n) is 5.40. The van der Waals surface area contributed by atoms with E-state index in [0.29, 0.717) is 0 Å². The van der Waals surface area contributed by atoms with Gasteiger partial charge in [-0.2, -0.15) is 0 Å². The smallest absolute Gasteiger partial charge is 0.163 e. The predicted octanol–water partition coefficient (Wildman–Crippen LogP) is 3.49. The van der Waals surface area contributed by atoms with E-state index in [2.05, 4.69) is 48.1 Å². The summed E-state index contributed by atoms with van der Waals surface area (Å²) in [4.78, 5) is 28.5. The van der Waals surface area contributed by atoms with Crippen LogP contribution < -0.4 is 9.80 Å². The van der Waals surface area contributed by atoms with Gasteiger partial charge in [-0.3, -0.25) is 4.98 Å². The van der Waals surface area contributed by atoms with E-state index >= 15 is 0 Å². The molecular weight excluding hydrogens is 382 g/mol. The Labute approximate surface area is 173 Å². The number of fused-ring (bicyclic) bond motifs is 1. The lowest BCUT2D eigenvalue weighted by Gasteiger charge is -2.37. The summed E-state index contributed by atoms with van der Waals surface area (Å²) in [5.74, 6) is 2.77. The number of nitrogens with zero attached hydrogens (tertiary/aromatic N) is 7. The zero-order chi connectivity index (χ0) is 19.8. The lowest BCUT2D eigenvalue weighted by Crippen LogP contribution is -2.47. The van der Waals surface area contributed by atoms with E-state index in [9.17, 15) is 0 Å². The molecule has 29 heavy (non-hydrogen) atoms. The molecular formula is C21H21N7S. The molecule has 1 aliphatic heterocycles. The van der Waals surface area contributed by atoms with Crippen molar-refractivity contribution in [1.82, 2.24) is 24.9 Å². The first-order chi connectivity index (χ1) is 14.2. The molecule has 0 saturated carbocycles. The number of thiophene rings is 1. The van der Waals surface area contributed by atoms with Crippen LogP contribution in [0, 0.1) is 13.8 Å². The van der Waals surface area contributed by atoms with Crippen molar-refractivity contribution < 1.29 is 0 Å². The summed E-state index contributed by atoms with van der Waals surface area (Å²) in [5.41, 5.74) is 3.08. The van der Waals surface area contributed by atoms with Crippen LogP contribution >= 0.6 is 11.3 Å². The molecule has 8 heteroatoms. The highest BCUT2D eigenvalue weighted by atomic mass is 32.1. The van der Waals surface area contributed by atoms with Gasteiger partial charge < -0.3 is 9.80 Å². The Kier molecular flexibility index (Phi) is 4.55. The second kappa shape index (κ2) is 7.36. The van der Waals surface area contributed by atoms with E-state index in [1.165, 1.54) is 0 Å². The van der Waals surface area contributed by atoms with Crippen LogP contribution in [0.4, 0.5) is 11.6 Å². The van der Waals surface area contributed by atoms with E-state index < -0.39 is 0 Å². The molecule has 4 aromatic heterocycles. The number of aryl methyl sites for hydroxylation is 1. The molecule has 5 heterocycles. The number of aromatic nitrogens is 5. The van der Waals surface area contributed by atoms with E-state index in [0.717, 1.165) is 70.7 Å². The molecule has 0 radical (unpaired) electrons. The van der Waals surface area contributed by atoms with Crippen molar-refractivity contribution in [2.24, 2.45) is 0 Å². The Balaban J connectivity index is 1.41. The topological polar surface area (TPSA) is 70.9 Å². The Bertz CT molecular complexity index is 1150. The average molecular weight is 404 g/mol. The number of rotatable bonds is 3. The van der Waals surface area contributed by atoms with Gasteiger partial charge in [0.25, 0.3) is 0 Å². The molecule has 0 N–H and O–H groups in total. The highest BCUT2D eigenvalue weighted by Crippen LogP contribution is 2.29. The minimum atomic E-state index is 0.731. The number of hydrogen-bond donors (Lipinski definition) is 0.